The van der Waals surface area contributed by atoms with Crippen LogP contribution in [0.25, 0.3) is 0 Å². The van der Waals surface area contributed by atoms with E-state index >= 15 is 0 Å². The zero-order chi connectivity index (χ0) is 18.4. The summed E-state index contributed by atoms with van der Waals surface area (Å²) in [5, 5.41) is 11.7. The highest BCUT2D eigenvalue weighted by molar-refractivity contribution is 6.15. The molecule has 2 saturated carbocycles. The first kappa shape index (κ1) is 17.3. The summed E-state index contributed by atoms with van der Waals surface area (Å²) in [4.78, 5) is 37.5. The SMILES string of the molecule is Cc1cc(C)c(C2C(=O)CC(CC(=O)NC3(C#N)CC3)C2=O)c(C)c1. The van der Waals surface area contributed by atoms with Crippen LogP contribution in [0.15, 0.2) is 12.1 Å². The molecule has 3 rings (SSSR count). The van der Waals surface area contributed by atoms with Crippen LogP contribution in [0.4, 0.5) is 0 Å². The van der Waals surface area contributed by atoms with Gasteiger partial charge >= 0.3 is 0 Å². The molecule has 2 aliphatic carbocycles. The van der Waals surface area contributed by atoms with Crippen molar-refractivity contribution in [2.75, 3.05) is 0 Å². The number of nitrogens with zero attached hydrogens (tertiary/aromatic N) is 1. The van der Waals surface area contributed by atoms with E-state index in [4.69, 9.17) is 5.26 Å². The summed E-state index contributed by atoms with van der Waals surface area (Å²) in [6.45, 7) is 5.82. The summed E-state index contributed by atoms with van der Waals surface area (Å²) in [7, 11) is 0. The van der Waals surface area contributed by atoms with Crippen LogP contribution < -0.4 is 5.32 Å². The zero-order valence-corrected chi connectivity index (χ0v) is 14.8. The van der Waals surface area contributed by atoms with Crippen molar-refractivity contribution in [1.29, 1.82) is 5.26 Å². The lowest BCUT2D eigenvalue weighted by atomic mass is 9.86. The highest BCUT2D eigenvalue weighted by Crippen LogP contribution is 2.38. The molecule has 1 N–H and O–H groups in total. The molecule has 1 amide bonds. The number of benzene rings is 1. The van der Waals surface area contributed by atoms with E-state index in [1.165, 1.54) is 0 Å². The number of ketones is 2. The molecule has 0 bridgehead atoms. The van der Waals surface area contributed by atoms with Gasteiger partial charge in [0, 0.05) is 18.8 Å². The number of Topliss-reactive ketones (excluding diaryl/α,β-unsaturated/α-hetero) is 2. The third kappa shape index (κ3) is 3.21. The van der Waals surface area contributed by atoms with E-state index in [-0.39, 0.29) is 30.3 Å². The number of aryl methyl sites for hydroxylation is 3. The largest absolute Gasteiger partial charge is 0.338 e. The summed E-state index contributed by atoms with van der Waals surface area (Å²) in [5.74, 6) is -1.95. The second-order valence-electron chi connectivity index (χ2n) is 7.46. The van der Waals surface area contributed by atoms with Crippen molar-refractivity contribution in [2.45, 2.75) is 57.9 Å². The minimum absolute atomic E-state index is 0.0194. The average Bonchev–Trinajstić information content (AvgIpc) is 3.23. The van der Waals surface area contributed by atoms with E-state index in [1.807, 2.05) is 32.9 Å². The van der Waals surface area contributed by atoms with Gasteiger partial charge in [-0.3, -0.25) is 14.4 Å². The minimum Gasteiger partial charge on any atom is -0.338 e. The molecule has 25 heavy (non-hydrogen) atoms. The Bertz CT molecular complexity index is 792. The molecule has 2 unspecified atom stereocenters. The molecule has 130 valence electrons. The number of carbonyl (C=O) groups excluding carboxylic acids is 3. The quantitative estimate of drug-likeness (QED) is 0.854. The maximum absolute atomic E-state index is 12.8. The lowest BCUT2D eigenvalue weighted by Crippen LogP contribution is -2.37. The molecular weight excluding hydrogens is 316 g/mol. The van der Waals surface area contributed by atoms with Crippen molar-refractivity contribution in [1.82, 2.24) is 5.32 Å². The second kappa shape index (κ2) is 6.11. The van der Waals surface area contributed by atoms with Gasteiger partial charge in [-0.1, -0.05) is 17.7 Å². The molecule has 1 aromatic rings. The van der Waals surface area contributed by atoms with Gasteiger partial charge in [0.25, 0.3) is 0 Å². The Labute approximate surface area is 147 Å². The van der Waals surface area contributed by atoms with Gasteiger partial charge in [0.05, 0.1) is 6.07 Å². The Balaban J connectivity index is 1.77. The van der Waals surface area contributed by atoms with Gasteiger partial charge in [-0.15, -0.1) is 0 Å². The molecule has 0 saturated heterocycles. The zero-order valence-electron chi connectivity index (χ0n) is 14.8. The van der Waals surface area contributed by atoms with Crippen molar-refractivity contribution >= 4 is 17.5 Å². The first-order chi connectivity index (χ1) is 11.8. The van der Waals surface area contributed by atoms with Crippen molar-refractivity contribution in [3.8, 4) is 6.07 Å². The van der Waals surface area contributed by atoms with E-state index in [0.717, 1.165) is 22.3 Å². The molecule has 1 aromatic carbocycles. The monoisotopic (exact) mass is 338 g/mol. The van der Waals surface area contributed by atoms with Gasteiger partial charge in [0.1, 0.15) is 17.2 Å². The van der Waals surface area contributed by atoms with Crippen LogP contribution in [-0.2, 0) is 14.4 Å². The maximum Gasteiger partial charge on any atom is 0.221 e. The van der Waals surface area contributed by atoms with Crippen LogP contribution in [0.3, 0.4) is 0 Å². The van der Waals surface area contributed by atoms with Crippen molar-refractivity contribution in [2.24, 2.45) is 5.92 Å². The van der Waals surface area contributed by atoms with Crippen molar-refractivity contribution in [3.63, 3.8) is 0 Å². The van der Waals surface area contributed by atoms with Crippen LogP contribution in [0.5, 0.6) is 0 Å². The third-order valence-electron chi connectivity index (χ3n) is 5.26. The van der Waals surface area contributed by atoms with E-state index in [0.29, 0.717) is 12.8 Å². The number of carbonyl (C=O) groups is 3. The van der Waals surface area contributed by atoms with Crippen molar-refractivity contribution in [3.05, 3.63) is 34.4 Å². The Morgan fingerprint density at radius 2 is 1.84 bits per heavy atom. The number of rotatable bonds is 4. The summed E-state index contributed by atoms with van der Waals surface area (Å²) in [6.07, 6.45) is 1.38. The molecule has 0 radical (unpaired) electrons. The Kier molecular flexibility index (Phi) is 4.24. The molecule has 0 aliphatic heterocycles. The summed E-state index contributed by atoms with van der Waals surface area (Å²) < 4.78 is 0. The molecule has 0 aromatic heterocycles. The van der Waals surface area contributed by atoms with E-state index in [2.05, 4.69) is 11.4 Å². The predicted octanol–water partition coefficient (Wildman–Crippen LogP) is 2.42. The summed E-state index contributed by atoms with van der Waals surface area (Å²) >= 11 is 0. The summed E-state index contributed by atoms with van der Waals surface area (Å²) in [5.41, 5.74) is 3.02. The smallest absolute Gasteiger partial charge is 0.221 e. The maximum atomic E-state index is 12.8. The lowest BCUT2D eigenvalue weighted by molar-refractivity contribution is -0.128. The molecule has 5 heteroatoms. The standard InChI is InChI=1S/C20H22N2O3/c1-11-6-12(2)17(13(3)7-11)18-15(23)8-14(19(18)25)9-16(24)22-20(10-21)4-5-20/h6-7,14,18H,4-5,8-9H2,1-3H3,(H,22,24). The Morgan fingerprint density at radius 1 is 1.24 bits per heavy atom. The molecule has 2 fully saturated rings. The Hall–Kier alpha value is -2.48. The highest BCUT2D eigenvalue weighted by Gasteiger charge is 2.47. The average molecular weight is 338 g/mol. The molecule has 0 spiro atoms. The predicted molar refractivity (Wildman–Crippen MR) is 91.9 cm³/mol. The van der Waals surface area contributed by atoms with Crippen LogP contribution in [0, 0.1) is 38.0 Å². The van der Waals surface area contributed by atoms with Gasteiger partial charge in [-0.2, -0.15) is 5.26 Å². The molecule has 2 atom stereocenters. The molecule has 5 nitrogen and oxygen atoms in total. The van der Waals surface area contributed by atoms with Crippen LogP contribution in [0.1, 0.15) is 53.9 Å². The normalized spacial score (nSPS) is 24.1. The first-order valence-electron chi connectivity index (χ1n) is 8.63. The summed E-state index contributed by atoms with van der Waals surface area (Å²) in [6, 6.07) is 6.06. The Morgan fingerprint density at radius 3 is 2.36 bits per heavy atom. The van der Waals surface area contributed by atoms with Crippen LogP contribution >= 0.6 is 0 Å². The number of hydrogen-bond donors (Lipinski definition) is 1. The molecule has 2 aliphatic rings. The fraction of sp³-hybridized carbons (Fsp3) is 0.500. The number of nitrogens with one attached hydrogen (secondary N) is 1. The van der Waals surface area contributed by atoms with Gasteiger partial charge in [0.15, 0.2) is 5.78 Å². The van der Waals surface area contributed by atoms with Crippen LogP contribution in [-0.4, -0.2) is 23.0 Å². The molecular formula is C20H22N2O3. The highest BCUT2D eigenvalue weighted by atomic mass is 16.2. The molecule has 0 heterocycles. The van der Waals surface area contributed by atoms with Gasteiger partial charge in [-0.05, 0) is 50.3 Å². The first-order valence-corrected chi connectivity index (χ1v) is 8.63. The van der Waals surface area contributed by atoms with E-state index < -0.39 is 17.4 Å². The number of hydrogen-bond acceptors (Lipinski definition) is 4. The minimum atomic E-state index is -0.760. The fourth-order valence-corrected chi connectivity index (χ4v) is 3.91. The van der Waals surface area contributed by atoms with Gasteiger partial charge in [-0.25, -0.2) is 0 Å². The van der Waals surface area contributed by atoms with E-state index in [9.17, 15) is 14.4 Å². The fourth-order valence-electron chi connectivity index (χ4n) is 3.91. The van der Waals surface area contributed by atoms with Gasteiger partial charge < -0.3 is 5.32 Å². The second-order valence-corrected chi connectivity index (χ2v) is 7.46. The van der Waals surface area contributed by atoms with E-state index in [1.54, 1.807) is 0 Å². The third-order valence-corrected chi connectivity index (χ3v) is 5.26. The van der Waals surface area contributed by atoms with Crippen LogP contribution in [0.2, 0.25) is 0 Å². The number of amides is 1. The van der Waals surface area contributed by atoms with Gasteiger partial charge in [0.2, 0.25) is 5.91 Å². The number of nitriles is 1. The van der Waals surface area contributed by atoms with Crippen molar-refractivity contribution < 1.29 is 14.4 Å². The lowest BCUT2D eigenvalue weighted by Gasteiger charge is -2.16. The topological polar surface area (TPSA) is 87.0 Å².